The van der Waals surface area contributed by atoms with Gasteiger partial charge in [0.1, 0.15) is 0 Å². The van der Waals surface area contributed by atoms with E-state index in [9.17, 15) is 0 Å². The van der Waals surface area contributed by atoms with E-state index in [1.54, 1.807) is 0 Å². The van der Waals surface area contributed by atoms with Gasteiger partial charge in [-0.15, -0.1) is 0 Å². The van der Waals surface area contributed by atoms with Crippen LogP contribution in [0, 0.1) is 11.8 Å². The summed E-state index contributed by atoms with van der Waals surface area (Å²) in [6.07, 6.45) is 21.9. The molecule has 0 spiro atoms. The Hall–Kier alpha value is -1.68. The van der Waals surface area contributed by atoms with E-state index in [-0.39, 0.29) is 24.2 Å². The van der Waals surface area contributed by atoms with Crippen LogP contribution < -0.4 is 0 Å². The third-order valence-electron chi connectivity index (χ3n) is 11.9. The fourth-order valence-corrected chi connectivity index (χ4v) is 6.62. The second-order valence-electron chi connectivity index (χ2n) is 17.6. The van der Waals surface area contributed by atoms with Gasteiger partial charge < -0.3 is 9.47 Å². The van der Waals surface area contributed by atoms with Crippen LogP contribution in [0.25, 0.3) is 0 Å². The molecule has 1 rings (SSSR count). The van der Waals surface area contributed by atoms with Crippen molar-refractivity contribution in [1.82, 2.24) is 0 Å². The molecule has 8 unspecified atom stereocenters. The molecule has 8 atom stereocenters. The van der Waals surface area contributed by atoms with Crippen LogP contribution in [0.4, 0.5) is 0 Å². The summed E-state index contributed by atoms with van der Waals surface area (Å²) in [4.78, 5) is 0. The third kappa shape index (κ3) is 21.0. The number of hydrogen-bond acceptors (Lipinski definition) is 10. The van der Waals surface area contributed by atoms with Gasteiger partial charge in [0.15, 0.2) is 22.9 Å². The molecule has 1 aliphatic rings. The zero-order valence-electron chi connectivity index (χ0n) is 38.0. The normalized spacial score (nSPS) is 25.4. The maximum Gasteiger partial charge on any atom is 0.179 e. The van der Waals surface area contributed by atoms with E-state index in [0.717, 1.165) is 64.2 Å². The van der Waals surface area contributed by atoms with Gasteiger partial charge in [0, 0.05) is 0 Å². The predicted octanol–water partition coefficient (Wildman–Crippen LogP) is 15.4. The highest BCUT2D eigenvalue weighted by Gasteiger charge is 2.38. The highest BCUT2D eigenvalue weighted by atomic mass is 16.6. The Morgan fingerprint density at radius 2 is 0.685 bits per heavy atom. The van der Waals surface area contributed by atoms with Crippen molar-refractivity contribution in [2.75, 3.05) is 0 Å². The summed E-state index contributed by atoms with van der Waals surface area (Å²) in [6.45, 7) is 29.6. The smallest absolute Gasteiger partial charge is 0.179 e. The number of ether oxygens (including phenoxy) is 2. The molecule has 10 nitrogen and oxygen atoms in total. The predicted molar refractivity (Wildman–Crippen MR) is 226 cm³/mol. The van der Waals surface area contributed by atoms with Gasteiger partial charge in [-0.05, 0) is 131 Å². The Labute approximate surface area is 333 Å². The van der Waals surface area contributed by atoms with E-state index in [1.165, 1.54) is 64.2 Å². The molecular weight excluding hydrogens is 673 g/mol. The lowest BCUT2D eigenvalue weighted by atomic mass is 9.85. The minimum atomic E-state index is -0.725. The minimum absolute atomic E-state index is 0.172. The second kappa shape index (κ2) is 26.3. The first-order valence-electron chi connectivity index (χ1n) is 22.6. The van der Waals surface area contributed by atoms with Crippen molar-refractivity contribution in [3.8, 4) is 0 Å². The summed E-state index contributed by atoms with van der Waals surface area (Å²) in [6, 6.07) is 0.702. The molecular formula is C44H88N8O2. The molecule has 0 radical (unpaired) electrons. The van der Waals surface area contributed by atoms with E-state index in [4.69, 9.17) is 40.2 Å². The van der Waals surface area contributed by atoms with Gasteiger partial charge in [-0.3, -0.25) is 0 Å². The molecule has 316 valence electrons. The van der Waals surface area contributed by atoms with Crippen molar-refractivity contribution in [3.63, 3.8) is 0 Å². The standard InChI is InChI=1S/C44H88N8O2/c1-15-35(7)45-49-41(11,19-5)53-43(13,51-47-37(9)17-3)33-31-39-27-23-21-25-29-40(30-26-22-24-28-39)32-34-44(14,52-48-38(10)18-4)54-42(12,20-6)50-46-36(8)16-2/h35-40H,15-34H2,1-14H3. The zero-order valence-corrected chi connectivity index (χ0v) is 38.0. The summed E-state index contributed by atoms with van der Waals surface area (Å²) < 4.78 is 13.6. The van der Waals surface area contributed by atoms with Crippen LogP contribution in [-0.2, 0) is 9.47 Å². The number of nitrogens with zero attached hydrogens (tertiary/aromatic N) is 8. The topological polar surface area (TPSA) is 117 Å². The van der Waals surface area contributed by atoms with Crippen molar-refractivity contribution < 1.29 is 9.47 Å². The largest absolute Gasteiger partial charge is 0.323 e. The van der Waals surface area contributed by atoms with Crippen molar-refractivity contribution in [2.24, 2.45) is 52.7 Å². The molecule has 0 aliphatic heterocycles. The highest BCUT2D eigenvalue weighted by Crippen LogP contribution is 2.37. The van der Waals surface area contributed by atoms with Gasteiger partial charge in [0.05, 0.1) is 24.2 Å². The average molecular weight is 761 g/mol. The van der Waals surface area contributed by atoms with E-state index in [1.807, 2.05) is 13.8 Å². The average Bonchev–Trinajstić information content (AvgIpc) is 3.16. The van der Waals surface area contributed by atoms with Gasteiger partial charge in [-0.2, -0.15) is 40.9 Å². The summed E-state index contributed by atoms with van der Waals surface area (Å²) in [7, 11) is 0. The van der Waals surface area contributed by atoms with E-state index in [2.05, 4.69) is 93.3 Å². The third-order valence-corrected chi connectivity index (χ3v) is 11.9. The first-order chi connectivity index (χ1) is 25.5. The van der Waals surface area contributed by atoms with Crippen molar-refractivity contribution >= 4 is 0 Å². The Morgan fingerprint density at radius 1 is 0.426 bits per heavy atom. The molecule has 1 fully saturated rings. The second-order valence-corrected chi connectivity index (χ2v) is 17.6. The van der Waals surface area contributed by atoms with Gasteiger partial charge in [-0.1, -0.05) is 106 Å². The van der Waals surface area contributed by atoms with E-state index in [0.29, 0.717) is 11.8 Å². The maximum absolute atomic E-state index is 6.79. The first kappa shape index (κ1) is 50.3. The summed E-state index contributed by atoms with van der Waals surface area (Å²) in [5.74, 6) is 1.35. The quantitative estimate of drug-likeness (QED) is 0.0911. The Kier molecular flexibility index (Phi) is 24.5. The molecule has 0 aromatic rings. The van der Waals surface area contributed by atoms with E-state index >= 15 is 0 Å². The molecule has 54 heavy (non-hydrogen) atoms. The lowest BCUT2D eigenvalue weighted by Gasteiger charge is -2.35. The monoisotopic (exact) mass is 761 g/mol. The van der Waals surface area contributed by atoms with Crippen molar-refractivity contribution in [1.29, 1.82) is 0 Å². The van der Waals surface area contributed by atoms with E-state index < -0.39 is 22.9 Å². The first-order valence-corrected chi connectivity index (χ1v) is 22.6. The molecule has 0 saturated heterocycles. The molecule has 0 aromatic heterocycles. The van der Waals surface area contributed by atoms with Gasteiger partial charge >= 0.3 is 0 Å². The molecule has 0 bridgehead atoms. The number of azo groups is 4. The summed E-state index contributed by atoms with van der Waals surface area (Å²) in [5.41, 5.74) is -2.89. The Balaban J connectivity index is 2.97. The van der Waals surface area contributed by atoms with Crippen LogP contribution in [0.1, 0.15) is 225 Å². The van der Waals surface area contributed by atoms with Crippen LogP contribution >= 0.6 is 0 Å². The lowest BCUT2D eigenvalue weighted by molar-refractivity contribution is -0.147. The molecule has 1 saturated carbocycles. The molecule has 0 amide bonds. The Morgan fingerprint density at radius 3 is 0.926 bits per heavy atom. The molecule has 0 aromatic carbocycles. The number of rotatable bonds is 24. The number of hydrogen-bond donors (Lipinski definition) is 0. The van der Waals surface area contributed by atoms with Crippen LogP contribution in [0.3, 0.4) is 0 Å². The fourth-order valence-electron chi connectivity index (χ4n) is 6.62. The highest BCUT2D eigenvalue weighted by molar-refractivity contribution is 4.83. The maximum atomic E-state index is 6.79. The van der Waals surface area contributed by atoms with Gasteiger partial charge in [0.25, 0.3) is 0 Å². The van der Waals surface area contributed by atoms with Crippen LogP contribution in [0.2, 0.25) is 0 Å². The van der Waals surface area contributed by atoms with Crippen LogP contribution in [0.5, 0.6) is 0 Å². The lowest BCUT2D eigenvalue weighted by Crippen LogP contribution is -2.38. The Bertz CT molecular complexity index is 1010. The SMILES string of the molecule is CCC(C)N=NC(C)(CC)OC(C)(CCC1CCCCCC(CCC(C)(N=NC(C)CC)OC(C)(CC)N=NC(C)CC)CCCCC1)N=NC(C)CC. The minimum Gasteiger partial charge on any atom is -0.323 e. The fraction of sp³-hybridized carbons (Fsp3) is 1.00. The van der Waals surface area contributed by atoms with Crippen LogP contribution in [0.15, 0.2) is 40.9 Å². The zero-order chi connectivity index (χ0) is 40.7. The molecule has 1 aliphatic carbocycles. The molecule has 0 N–H and O–H groups in total. The van der Waals surface area contributed by atoms with Gasteiger partial charge in [0.2, 0.25) is 0 Å². The van der Waals surface area contributed by atoms with Crippen molar-refractivity contribution in [3.05, 3.63) is 0 Å². The van der Waals surface area contributed by atoms with Crippen molar-refractivity contribution in [2.45, 2.75) is 272 Å². The molecule has 0 heterocycles. The summed E-state index contributed by atoms with van der Waals surface area (Å²) >= 11 is 0. The van der Waals surface area contributed by atoms with Crippen LogP contribution in [-0.4, -0.2) is 47.1 Å². The summed E-state index contributed by atoms with van der Waals surface area (Å²) in [5, 5.41) is 37.7. The molecule has 10 heteroatoms. The van der Waals surface area contributed by atoms with Gasteiger partial charge in [-0.25, -0.2) is 0 Å².